The Morgan fingerprint density at radius 3 is 2.28 bits per heavy atom. The average Bonchev–Trinajstić information content (AvgIpc) is 2.60. The van der Waals surface area contributed by atoms with Crippen LogP contribution in [0.1, 0.15) is 39.9 Å². The molecule has 0 bridgehead atoms. The van der Waals surface area contributed by atoms with Gasteiger partial charge < -0.3 is 10.2 Å². The van der Waals surface area contributed by atoms with Crippen molar-refractivity contribution in [2.24, 2.45) is 0 Å². The molecule has 2 rings (SSSR count). The van der Waals surface area contributed by atoms with E-state index in [2.05, 4.69) is 5.32 Å². The first-order valence-corrected chi connectivity index (χ1v) is 8.50. The molecular formula is C21H26N2O2. The number of aryl methyl sites for hydroxylation is 2. The van der Waals surface area contributed by atoms with Gasteiger partial charge in [-0.05, 0) is 43.2 Å². The fourth-order valence-corrected chi connectivity index (χ4v) is 2.60. The zero-order valence-corrected chi connectivity index (χ0v) is 15.4. The molecule has 0 spiro atoms. The highest BCUT2D eigenvalue weighted by atomic mass is 16.2. The minimum Gasteiger partial charge on any atom is -0.378 e. The van der Waals surface area contributed by atoms with Crippen LogP contribution in [-0.4, -0.2) is 25.8 Å². The molecule has 0 fully saturated rings. The third-order valence-electron chi connectivity index (χ3n) is 4.22. The number of carbonyl (C=O) groups is 2. The summed E-state index contributed by atoms with van der Waals surface area (Å²) >= 11 is 0. The normalized spacial score (nSPS) is 10.4. The summed E-state index contributed by atoms with van der Waals surface area (Å²) in [5.41, 5.74) is 4.89. The zero-order valence-electron chi connectivity index (χ0n) is 15.4. The van der Waals surface area contributed by atoms with Crippen LogP contribution in [0.2, 0.25) is 0 Å². The van der Waals surface area contributed by atoms with Gasteiger partial charge in [-0.1, -0.05) is 29.8 Å². The summed E-state index contributed by atoms with van der Waals surface area (Å²) in [5, 5.41) is 2.88. The van der Waals surface area contributed by atoms with Gasteiger partial charge in [0, 0.05) is 44.7 Å². The molecule has 2 aromatic carbocycles. The topological polar surface area (TPSA) is 49.4 Å². The van der Waals surface area contributed by atoms with Gasteiger partial charge in [0.15, 0.2) is 5.78 Å². The summed E-state index contributed by atoms with van der Waals surface area (Å²) in [5.74, 6) is -0.0815. The maximum atomic E-state index is 12.3. The Bertz CT molecular complexity index is 749. The van der Waals surface area contributed by atoms with Gasteiger partial charge in [0.1, 0.15) is 0 Å². The lowest BCUT2D eigenvalue weighted by molar-refractivity contribution is -0.121. The molecule has 0 saturated heterocycles. The summed E-state index contributed by atoms with van der Waals surface area (Å²) in [4.78, 5) is 26.3. The van der Waals surface area contributed by atoms with E-state index in [4.69, 9.17) is 0 Å². The number of Topliss-reactive ketones (excluding diaryl/α,β-unsaturated/α-hetero) is 1. The van der Waals surface area contributed by atoms with Crippen LogP contribution in [0.3, 0.4) is 0 Å². The Hall–Kier alpha value is -2.62. The largest absolute Gasteiger partial charge is 0.378 e. The molecule has 0 unspecified atom stereocenters. The van der Waals surface area contributed by atoms with Gasteiger partial charge in [0.2, 0.25) is 5.91 Å². The lowest BCUT2D eigenvalue weighted by atomic mass is 9.99. The summed E-state index contributed by atoms with van der Waals surface area (Å²) < 4.78 is 0. The van der Waals surface area contributed by atoms with Crippen molar-refractivity contribution in [2.45, 2.75) is 33.2 Å². The second kappa shape index (κ2) is 8.47. The van der Waals surface area contributed by atoms with Crippen molar-refractivity contribution in [3.8, 4) is 0 Å². The van der Waals surface area contributed by atoms with E-state index in [1.54, 1.807) is 0 Å². The van der Waals surface area contributed by atoms with Crippen molar-refractivity contribution in [3.05, 3.63) is 64.7 Å². The molecule has 132 valence electrons. The molecule has 0 saturated carbocycles. The summed E-state index contributed by atoms with van der Waals surface area (Å²) in [6.45, 7) is 4.36. The van der Waals surface area contributed by atoms with Crippen LogP contribution in [-0.2, 0) is 11.3 Å². The molecule has 0 atom stereocenters. The van der Waals surface area contributed by atoms with Gasteiger partial charge in [0.25, 0.3) is 0 Å². The highest BCUT2D eigenvalue weighted by Crippen LogP contribution is 2.14. The number of nitrogens with one attached hydrogen (secondary N) is 1. The minimum atomic E-state index is -0.102. The molecule has 2 aromatic rings. The number of nitrogens with zero attached hydrogens (tertiary/aromatic N) is 1. The lowest BCUT2D eigenvalue weighted by Gasteiger charge is -2.13. The van der Waals surface area contributed by atoms with E-state index in [0.29, 0.717) is 12.1 Å². The van der Waals surface area contributed by atoms with E-state index in [1.165, 1.54) is 0 Å². The molecular weight excluding hydrogens is 312 g/mol. The van der Waals surface area contributed by atoms with Gasteiger partial charge in [-0.3, -0.25) is 9.59 Å². The molecule has 4 heteroatoms. The molecule has 0 radical (unpaired) electrons. The van der Waals surface area contributed by atoms with E-state index in [9.17, 15) is 9.59 Å². The number of anilines is 1. The Labute approximate surface area is 149 Å². The number of hydrogen-bond donors (Lipinski definition) is 1. The predicted octanol–water partition coefficient (Wildman–Crippen LogP) is 3.65. The van der Waals surface area contributed by atoms with E-state index in [-0.39, 0.29) is 24.5 Å². The number of amides is 1. The van der Waals surface area contributed by atoms with Crippen molar-refractivity contribution in [1.29, 1.82) is 0 Å². The third kappa shape index (κ3) is 5.45. The second-order valence-corrected chi connectivity index (χ2v) is 6.58. The van der Waals surface area contributed by atoms with Gasteiger partial charge in [0.05, 0.1) is 0 Å². The second-order valence-electron chi connectivity index (χ2n) is 6.58. The SMILES string of the molecule is Cc1ccc(C)c(C(=O)CCC(=O)NCc2ccc(N(C)C)cc2)c1. The molecule has 25 heavy (non-hydrogen) atoms. The van der Waals surface area contributed by atoms with Crippen molar-refractivity contribution in [2.75, 3.05) is 19.0 Å². The monoisotopic (exact) mass is 338 g/mol. The number of hydrogen-bond acceptors (Lipinski definition) is 3. The highest BCUT2D eigenvalue weighted by molar-refractivity contribution is 5.99. The average molecular weight is 338 g/mol. The van der Waals surface area contributed by atoms with Gasteiger partial charge >= 0.3 is 0 Å². The fraction of sp³-hybridized carbons (Fsp3) is 0.333. The van der Waals surface area contributed by atoms with Gasteiger partial charge in [-0.15, -0.1) is 0 Å². The fourth-order valence-electron chi connectivity index (χ4n) is 2.60. The molecule has 1 amide bonds. The third-order valence-corrected chi connectivity index (χ3v) is 4.22. The maximum absolute atomic E-state index is 12.3. The van der Waals surface area contributed by atoms with Crippen LogP contribution in [0, 0.1) is 13.8 Å². The molecule has 0 aliphatic heterocycles. The number of benzene rings is 2. The van der Waals surface area contributed by atoms with Crippen molar-refractivity contribution < 1.29 is 9.59 Å². The van der Waals surface area contributed by atoms with Crippen LogP contribution in [0.25, 0.3) is 0 Å². The Balaban J connectivity index is 1.82. The van der Waals surface area contributed by atoms with Crippen LogP contribution < -0.4 is 10.2 Å². The first-order valence-electron chi connectivity index (χ1n) is 8.50. The van der Waals surface area contributed by atoms with E-state index in [0.717, 1.165) is 22.4 Å². The Kier molecular flexibility index (Phi) is 6.34. The molecule has 0 heterocycles. The van der Waals surface area contributed by atoms with Crippen LogP contribution in [0.5, 0.6) is 0 Å². The first kappa shape index (κ1) is 18.7. The molecule has 1 N–H and O–H groups in total. The molecule has 0 aliphatic carbocycles. The quantitative estimate of drug-likeness (QED) is 0.784. The smallest absolute Gasteiger partial charge is 0.220 e. The number of rotatable bonds is 7. The Morgan fingerprint density at radius 1 is 0.960 bits per heavy atom. The lowest BCUT2D eigenvalue weighted by Crippen LogP contribution is -2.23. The van der Waals surface area contributed by atoms with Crippen molar-refractivity contribution in [3.63, 3.8) is 0 Å². The zero-order chi connectivity index (χ0) is 18.4. The minimum absolute atomic E-state index is 0.0201. The van der Waals surface area contributed by atoms with E-state index < -0.39 is 0 Å². The van der Waals surface area contributed by atoms with E-state index >= 15 is 0 Å². The number of carbonyl (C=O) groups excluding carboxylic acids is 2. The van der Waals surface area contributed by atoms with Crippen molar-refractivity contribution >= 4 is 17.4 Å². The Morgan fingerprint density at radius 2 is 1.64 bits per heavy atom. The summed E-state index contributed by atoms with van der Waals surface area (Å²) in [6.07, 6.45) is 0.442. The van der Waals surface area contributed by atoms with Crippen LogP contribution in [0.15, 0.2) is 42.5 Å². The van der Waals surface area contributed by atoms with Gasteiger partial charge in [-0.2, -0.15) is 0 Å². The predicted molar refractivity (Wildman–Crippen MR) is 102 cm³/mol. The highest BCUT2D eigenvalue weighted by Gasteiger charge is 2.11. The molecule has 0 aliphatic rings. The van der Waals surface area contributed by atoms with Gasteiger partial charge in [-0.25, -0.2) is 0 Å². The maximum Gasteiger partial charge on any atom is 0.220 e. The van der Waals surface area contributed by atoms with Crippen LogP contribution in [0.4, 0.5) is 5.69 Å². The van der Waals surface area contributed by atoms with Crippen LogP contribution >= 0.6 is 0 Å². The molecule has 0 aromatic heterocycles. The van der Waals surface area contributed by atoms with Crippen molar-refractivity contribution in [1.82, 2.24) is 5.32 Å². The summed E-state index contributed by atoms with van der Waals surface area (Å²) in [7, 11) is 3.98. The number of ketones is 1. The summed E-state index contributed by atoms with van der Waals surface area (Å²) in [6, 6.07) is 13.9. The molecule has 4 nitrogen and oxygen atoms in total. The first-order chi connectivity index (χ1) is 11.9. The standard InChI is InChI=1S/C21H26N2O2/c1-15-5-6-16(2)19(13-15)20(24)11-12-21(25)22-14-17-7-9-18(10-8-17)23(3)4/h5-10,13H,11-12,14H2,1-4H3,(H,22,25). The van der Waals surface area contributed by atoms with E-state index in [1.807, 2.05) is 75.3 Å².